The molecule has 2 rings (SSSR count). The second kappa shape index (κ2) is 8.98. The molecule has 0 aliphatic rings. The summed E-state index contributed by atoms with van der Waals surface area (Å²) in [5.41, 5.74) is 3.44. The van der Waals surface area contributed by atoms with Gasteiger partial charge in [0.25, 0.3) is 0 Å². The maximum atomic E-state index is 5.39. The third kappa shape index (κ3) is 5.43. The van der Waals surface area contributed by atoms with Crippen molar-refractivity contribution < 1.29 is 18.9 Å². The van der Waals surface area contributed by atoms with Crippen LogP contribution >= 0.6 is 0 Å². The number of ether oxygens (including phenoxy) is 4. The molecule has 0 radical (unpaired) electrons. The number of hydrogen-bond donors (Lipinski definition) is 0. The lowest BCUT2D eigenvalue weighted by molar-refractivity contribution is 0.0509. The fourth-order valence-corrected chi connectivity index (χ4v) is 2.06. The largest absolute Gasteiger partial charge is 0.468 e. The number of allylic oxidation sites excluding steroid dienone is 1. The van der Waals surface area contributed by atoms with E-state index in [1.54, 1.807) is 14.2 Å². The van der Waals surface area contributed by atoms with E-state index in [4.69, 9.17) is 18.9 Å². The fourth-order valence-electron chi connectivity index (χ4n) is 2.06. The van der Waals surface area contributed by atoms with Gasteiger partial charge < -0.3 is 18.9 Å². The van der Waals surface area contributed by atoms with Gasteiger partial charge in [0.2, 0.25) is 0 Å². The van der Waals surface area contributed by atoms with Crippen molar-refractivity contribution >= 4 is 11.6 Å². The molecule has 0 heterocycles. The molecule has 2 aromatic rings. The smallest absolute Gasteiger partial charge is 0.188 e. The standard InChI is InChI=1S/C19H22O4/c1-15(17-6-10-19(11-7-17)23-14-21-3)12-16-4-8-18(9-5-16)22-13-20-2/h4-12H,13-14H2,1-3H3. The Morgan fingerprint density at radius 3 is 1.74 bits per heavy atom. The average Bonchev–Trinajstić information content (AvgIpc) is 2.59. The fraction of sp³-hybridized carbons (Fsp3) is 0.263. The molecule has 0 aromatic heterocycles. The van der Waals surface area contributed by atoms with Crippen LogP contribution in [0.2, 0.25) is 0 Å². The van der Waals surface area contributed by atoms with Gasteiger partial charge in [-0.3, -0.25) is 0 Å². The van der Waals surface area contributed by atoms with Crippen molar-refractivity contribution in [3.63, 3.8) is 0 Å². The molecule has 0 saturated heterocycles. The minimum Gasteiger partial charge on any atom is -0.468 e. The second-order valence-electron chi connectivity index (χ2n) is 5.02. The van der Waals surface area contributed by atoms with Crippen LogP contribution in [-0.4, -0.2) is 27.8 Å². The summed E-state index contributed by atoms with van der Waals surface area (Å²) in [6.07, 6.45) is 2.13. The van der Waals surface area contributed by atoms with E-state index in [1.807, 2.05) is 48.5 Å². The highest BCUT2D eigenvalue weighted by atomic mass is 16.7. The Kier molecular flexibility index (Phi) is 6.66. The number of hydrogen-bond acceptors (Lipinski definition) is 4. The summed E-state index contributed by atoms with van der Waals surface area (Å²) in [5, 5.41) is 0. The normalized spacial score (nSPS) is 11.3. The molecule has 0 unspecified atom stereocenters. The predicted octanol–water partition coefficient (Wildman–Crippen LogP) is 4.21. The number of rotatable bonds is 8. The topological polar surface area (TPSA) is 36.9 Å². The first-order valence-electron chi connectivity index (χ1n) is 7.35. The third-order valence-electron chi connectivity index (χ3n) is 3.26. The highest BCUT2D eigenvalue weighted by Gasteiger charge is 1.99. The average molecular weight is 314 g/mol. The van der Waals surface area contributed by atoms with Crippen LogP contribution < -0.4 is 9.47 Å². The molecule has 23 heavy (non-hydrogen) atoms. The molecule has 4 nitrogen and oxygen atoms in total. The summed E-state index contributed by atoms with van der Waals surface area (Å²) in [5.74, 6) is 1.59. The molecule has 0 atom stereocenters. The zero-order valence-electron chi connectivity index (χ0n) is 13.7. The van der Waals surface area contributed by atoms with Gasteiger partial charge in [-0.15, -0.1) is 0 Å². The van der Waals surface area contributed by atoms with Gasteiger partial charge in [-0.1, -0.05) is 30.3 Å². The first-order chi connectivity index (χ1) is 11.2. The highest BCUT2D eigenvalue weighted by molar-refractivity contribution is 5.80. The van der Waals surface area contributed by atoms with Crippen molar-refractivity contribution in [3.05, 3.63) is 59.7 Å². The first-order valence-corrected chi connectivity index (χ1v) is 7.35. The molecular formula is C19H22O4. The van der Waals surface area contributed by atoms with Crippen LogP contribution in [0.3, 0.4) is 0 Å². The molecule has 0 saturated carbocycles. The van der Waals surface area contributed by atoms with Crippen molar-refractivity contribution in [2.75, 3.05) is 27.8 Å². The number of methoxy groups -OCH3 is 2. The van der Waals surface area contributed by atoms with Crippen LogP contribution in [0, 0.1) is 0 Å². The van der Waals surface area contributed by atoms with Crippen LogP contribution in [0.25, 0.3) is 11.6 Å². The molecule has 2 aromatic carbocycles. The highest BCUT2D eigenvalue weighted by Crippen LogP contribution is 2.22. The molecule has 0 spiro atoms. The molecule has 0 fully saturated rings. The maximum absolute atomic E-state index is 5.39. The summed E-state index contributed by atoms with van der Waals surface area (Å²) in [4.78, 5) is 0. The minimum absolute atomic E-state index is 0.256. The van der Waals surface area contributed by atoms with E-state index in [0.717, 1.165) is 22.6 Å². The summed E-state index contributed by atoms with van der Waals surface area (Å²) in [6, 6.07) is 15.8. The van der Waals surface area contributed by atoms with Crippen molar-refractivity contribution in [3.8, 4) is 11.5 Å². The van der Waals surface area contributed by atoms with Crippen LogP contribution in [-0.2, 0) is 9.47 Å². The van der Waals surface area contributed by atoms with Gasteiger partial charge >= 0.3 is 0 Å². The Bertz CT molecular complexity index is 615. The van der Waals surface area contributed by atoms with Gasteiger partial charge in [-0.25, -0.2) is 0 Å². The molecule has 122 valence electrons. The Balaban J connectivity index is 2.03. The van der Waals surface area contributed by atoms with Gasteiger partial charge in [-0.2, -0.15) is 0 Å². The van der Waals surface area contributed by atoms with Crippen LogP contribution in [0.1, 0.15) is 18.1 Å². The number of benzene rings is 2. The predicted molar refractivity (Wildman–Crippen MR) is 91.4 cm³/mol. The lowest BCUT2D eigenvalue weighted by atomic mass is 10.0. The van der Waals surface area contributed by atoms with E-state index >= 15 is 0 Å². The monoisotopic (exact) mass is 314 g/mol. The third-order valence-corrected chi connectivity index (χ3v) is 3.26. The molecule has 0 bridgehead atoms. The lowest BCUT2D eigenvalue weighted by Gasteiger charge is -2.07. The van der Waals surface area contributed by atoms with E-state index in [2.05, 4.69) is 13.0 Å². The minimum atomic E-state index is 0.256. The lowest BCUT2D eigenvalue weighted by Crippen LogP contribution is -1.98. The van der Waals surface area contributed by atoms with Gasteiger partial charge in [0.05, 0.1) is 0 Å². The van der Waals surface area contributed by atoms with Crippen LogP contribution in [0.15, 0.2) is 48.5 Å². The Hall–Kier alpha value is -2.30. The van der Waals surface area contributed by atoms with Crippen LogP contribution in [0.5, 0.6) is 11.5 Å². The van der Waals surface area contributed by atoms with Crippen LogP contribution in [0.4, 0.5) is 0 Å². The molecule has 0 aliphatic heterocycles. The Morgan fingerprint density at radius 2 is 1.26 bits per heavy atom. The Morgan fingerprint density at radius 1 is 0.783 bits per heavy atom. The van der Waals surface area contributed by atoms with E-state index in [-0.39, 0.29) is 13.6 Å². The zero-order chi connectivity index (χ0) is 16.5. The quantitative estimate of drug-likeness (QED) is 0.540. The van der Waals surface area contributed by atoms with Gasteiger partial charge in [-0.05, 0) is 47.9 Å². The van der Waals surface area contributed by atoms with E-state index in [9.17, 15) is 0 Å². The second-order valence-corrected chi connectivity index (χ2v) is 5.02. The molecule has 0 aliphatic carbocycles. The van der Waals surface area contributed by atoms with E-state index in [1.165, 1.54) is 5.57 Å². The molecule has 0 amide bonds. The summed E-state index contributed by atoms with van der Waals surface area (Å²) < 4.78 is 20.5. The van der Waals surface area contributed by atoms with Gasteiger partial charge in [0.1, 0.15) is 11.5 Å². The molecular weight excluding hydrogens is 292 g/mol. The summed E-state index contributed by atoms with van der Waals surface area (Å²) in [6.45, 7) is 2.59. The van der Waals surface area contributed by atoms with Crippen molar-refractivity contribution in [1.29, 1.82) is 0 Å². The van der Waals surface area contributed by atoms with E-state index in [0.29, 0.717) is 0 Å². The zero-order valence-corrected chi connectivity index (χ0v) is 13.7. The van der Waals surface area contributed by atoms with Gasteiger partial charge in [0.15, 0.2) is 13.6 Å². The summed E-state index contributed by atoms with van der Waals surface area (Å²) >= 11 is 0. The first kappa shape index (κ1) is 17.1. The van der Waals surface area contributed by atoms with Crippen molar-refractivity contribution in [1.82, 2.24) is 0 Å². The van der Waals surface area contributed by atoms with E-state index < -0.39 is 0 Å². The SMILES string of the molecule is COCOc1ccc(C=C(C)c2ccc(OCOC)cc2)cc1. The van der Waals surface area contributed by atoms with Crippen molar-refractivity contribution in [2.24, 2.45) is 0 Å². The molecule has 4 heteroatoms. The molecule has 0 N–H and O–H groups in total. The summed E-state index contributed by atoms with van der Waals surface area (Å²) in [7, 11) is 3.21. The maximum Gasteiger partial charge on any atom is 0.188 e. The van der Waals surface area contributed by atoms with Gasteiger partial charge in [0, 0.05) is 14.2 Å². The Labute approximate surface area is 137 Å². The van der Waals surface area contributed by atoms with Crippen molar-refractivity contribution in [2.45, 2.75) is 6.92 Å².